The lowest BCUT2D eigenvalue weighted by atomic mass is 10.1. The topological polar surface area (TPSA) is 72.2 Å². The third-order valence-corrected chi connectivity index (χ3v) is 4.72. The summed E-state index contributed by atoms with van der Waals surface area (Å²) in [5.74, 6) is -0.373. The molecule has 1 amide bonds. The molecule has 0 aromatic heterocycles. The Hall–Kier alpha value is -1.43. The molecule has 19 heavy (non-hydrogen) atoms. The number of carbonyl (C=O) groups excluding carboxylic acids is 1. The maximum absolute atomic E-state index is 12.1. The molecule has 0 spiro atoms. The van der Waals surface area contributed by atoms with Gasteiger partial charge >= 0.3 is 0 Å². The van der Waals surface area contributed by atoms with Crippen LogP contribution in [-0.4, -0.2) is 22.7 Å². The van der Waals surface area contributed by atoms with Crippen LogP contribution in [0.1, 0.15) is 28.8 Å². The molecule has 0 unspecified atom stereocenters. The molecule has 1 aliphatic rings. The van der Waals surface area contributed by atoms with Crippen molar-refractivity contribution in [3.05, 3.63) is 39.4 Å². The van der Waals surface area contributed by atoms with Crippen molar-refractivity contribution in [1.29, 1.82) is 0 Å². The Labute approximate surface area is 119 Å². The number of hydrogen-bond donors (Lipinski definition) is 1. The van der Waals surface area contributed by atoms with Crippen LogP contribution in [0.3, 0.4) is 0 Å². The van der Waals surface area contributed by atoms with E-state index in [0.29, 0.717) is 12.1 Å². The van der Waals surface area contributed by atoms with Crippen LogP contribution in [0.25, 0.3) is 0 Å². The number of benzene rings is 1. The molecular weight excluding hydrogens is 312 g/mol. The van der Waals surface area contributed by atoms with E-state index in [1.54, 1.807) is 19.1 Å². The molecule has 2 rings (SSSR count). The summed E-state index contributed by atoms with van der Waals surface area (Å²) in [6.45, 7) is 2.19. The van der Waals surface area contributed by atoms with Crippen LogP contribution in [0.4, 0.5) is 5.69 Å². The lowest BCUT2D eigenvalue weighted by molar-refractivity contribution is -0.385. The number of alkyl halides is 1. The smallest absolute Gasteiger partial charge is 0.285 e. The van der Waals surface area contributed by atoms with Gasteiger partial charge in [0.15, 0.2) is 0 Å². The third-order valence-electron chi connectivity index (χ3n) is 3.53. The predicted octanol–water partition coefficient (Wildman–Crippen LogP) is 2.81. The number of para-hydroxylation sites is 1. The molecule has 0 aliphatic heterocycles. The summed E-state index contributed by atoms with van der Waals surface area (Å²) in [5.41, 5.74) is 0.673. The Bertz CT molecular complexity index is 527. The number of nitrogens with one attached hydrogen (secondary N) is 1. The zero-order valence-electron chi connectivity index (χ0n) is 10.6. The fourth-order valence-electron chi connectivity index (χ4n) is 1.98. The van der Waals surface area contributed by atoms with Crippen LogP contribution in [0.15, 0.2) is 18.2 Å². The van der Waals surface area contributed by atoms with Gasteiger partial charge in [-0.15, -0.1) is 0 Å². The summed E-state index contributed by atoms with van der Waals surface area (Å²) >= 11 is 3.43. The second-order valence-corrected chi connectivity index (χ2v) is 5.61. The highest BCUT2D eigenvalue weighted by Gasteiger charge is 2.41. The van der Waals surface area contributed by atoms with Crippen LogP contribution in [0.2, 0.25) is 0 Å². The minimum Gasteiger partial charge on any atom is -0.351 e. The Morgan fingerprint density at radius 2 is 2.21 bits per heavy atom. The second kappa shape index (κ2) is 5.28. The van der Waals surface area contributed by atoms with E-state index in [4.69, 9.17) is 0 Å². The third kappa shape index (κ3) is 2.94. The average Bonchev–Trinajstić information content (AvgIpc) is 3.16. The van der Waals surface area contributed by atoms with Crippen LogP contribution in [0, 0.1) is 22.5 Å². The first-order chi connectivity index (χ1) is 8.99. The fraction of sp³-hybridized carbons (Fsp3) is 0.462. The summed E-state index contributed by atoms with van der Waals surface area (Å²) in [5, 5.41) is 14.7. The number of amides is 1. The van der Waals surface area contributed by atoms with Crippen LogP contribution in [-0.2, 0) is 0 Å². The quantitative estimate of drug-likeness (QED) is 0.513. The first kappa shape index (κ1) is 14.0. The standard InChI is InChI=1S/C13H15BrN2O3/c1-9-3-2-4-10(11(9)16(18)19)12(17)15-8-13(7-14)5-6-13/h2-4H,5-8H2,1H3,(H,15,17). The normalized spacial score (nSPS) is 15.9. The minimum atomic E-state index is -0.498. The lowest BCUT2D eigenvalue weighted by Crippen LogP contribution is -2.31. The van der Waals surface area contributed by atoms with E-state index in [1.807, 2.05) is 0 Å². The zero-order valence-corrected chi connectivity index (χ0v) is 12.2. The molecule has 0 saturated heterocycles. The molecule has 1 aromatic carbocycles. The number of nitro groups is 1. The van der Waals surface area contributed by atoms with Gasteiger partial charge in [0.2, 0.25) is 0 Å². The van der Waals surface area contributed by atoms with Gasteiger partial charge in [0.05, 0.1) is 4.92 Å². The molecule has 6 heteroatoms. The fourth-order valence-corrected chi connectivity index (χ4v) is 2.74. The van der Waals surface area contributed by atoms with Crippen molar-refractivity contribution in [3.63, 3.8) is 0 Å². The Morgan fingerprint density at radius 3 is 2.74 bits per heavy atom. The van der Waals surface area contributed by atoms with E-state index in [2.05, 4.69) is 21.2 Å². The van der Waals surface area contributed by atoms with Crippen molar-refractivity contribution in [3.8, 4) is 0 Å². The minimum absolute atomic E-state index is 0.108. The molecule has 0 bridgehead atoms. The summed E-state index contributed by atoms with van der Waals surface area (Å²) in [7, 11) is 0. The number of hydrogen-bond acceptors (Lipinski definition) is 3. The van der Waals surface area contributed by atoms with Gasteiger partial charge in [0.25, 0.3) is 11.6 Å². The van der Waals surface area contributed by atoms with Crippen molar-refractivity contribution in [2.75, 3.05) is 11.9 Å². The van der Waals surface area contributed by atoms with E-state index >= 15 is 0 Å². The molecule has 0 heterocycles. The van der Waals surface area contributed by atoms with Gasteiger partial charge in [-0.2, -0.15) is 0 Å². The van der Waals surface area contributed by atoms with Gasteiger partial charge < -0.3 is 5.32 Å². The van der Waals surface area contributed by atoms with Gasteiger partial charge in [-0.1, -0.05) is 28.1 Å². The SMILES string of the molecule is Cc1cccc(C(=O)NCC2(CBr)CC2)c1[N+](=O)[O-]. The predicted molar refractivity (Wildman–Crippen MR) is 75.6 cm³/mol. The number of halogens is 1. The summed E-state index contributed by atoms with van der Waals surface area (Å²) in [6, 6.07) is 4.79. The number of nitro benzene ring substituents is 1. The molecule has 1 aromatic rings. The first-order valence-corrected chi connectivity index (χ1v) is 7.19. The largest absolute Gasteiger partial charge is 0.351 e. The Morgan fingerprint density at radius 1 is 1.53 bits per heavy atom. The summed E-state index contributed by atoms with van der Waals surface area (Å²) < 4.78 is 0. The number of carbonyl (C=O) groups is 1. The van der Waals surface area contributed by atoms with E-state index in [1.165, 1.54) is 6.07 Å². The Kier molecular flexibility index (Phi) is 3.89. The van der Waals surface area contributed by atoms with E-state index in [9.17, 15) is 14.9 Å². The highest BCUT2D eigenvalue weighted by Crippen LogP contribution is 2.46. The molecule has 5 nitrogen and oxygen atoms in total. The van der Waals surface area contributed by atoms with Crippen LogP contribution < -0.4 is 5.32 Å². The maximum atomic E-state index is 12.1. The van der Waals surface area contributed by atoms with E-state index < -0.39 is 4.92 Å². The van der Waals surface area contributed by atoms with Gasteiger partial charge in [-0.25, -0.2) is 0 Å². The maximum Gasteiger partial charge on any atom is 0.285 e. The number of nitrogens with zero attached hydrogens (tertiary/aromatic N) is 1. The van der Waals surface area contributed by atoms with Crippen molar-refractivity contribution in [1.82, 2.24) is 5.32 Å². The van der Waals surface area contributed by atoms with Crippen LogP contribution >= 0.6 is 15.9 Å². The molecular formula is C13H15BrN2O3. The molecule has 1 aliphatic carbocycles. The summed E-state index contributed by atoms with van der Waals surface area (Å²) in [4.78, 5) is 22.6. The zero-order chi connectivity index (χ0) is 14.0. The van der Waals surface area contributed by atoms with Crippen molar-refractivity contribution in [2.45, 2.75) is 19.8 Å². The molecule has 1 saturated carbocycles. The van der Waals surface area contributed by atoms with Gasteiger partial charge in [0, 0.05) is 17.4 Å². The van der Waals surface area contributed by atoms with Crippen molar-refractivity contribution >= 4 is 27.5 Å². The highest BCUT2D eigenvalue weighted by atomic mass is 79.9. The average molecular weight is 327 g/mol. The first-order valence-electron chi connectivity index (χ1n) is 6.07. The van der Waals surface area contributed by atoms with E-state index in [-0.39, 0.29) is 22.6 Å². The molecule has 0 atom stereocenters. The van der Waals surface area contributed by atoms with Crippen molar-refractivity contribution < 1.29 is 9.72 Å². The molecule has 1 N–H and O–H groups in total. The number of rotatable bonds is 5. The van der Waals surface area contributed by atoms with Gasteiger partial charge in [-0.3, -0.25) is 14.9 Å². The monoisotopic (exact) mass is 326 g/mol. The van der Waals surface area contributed by atoms with Crippen molar-refractivity contribution in [2.24, 2.45) is 5.41 Å². The molecule has 102 valence electrons. The van der Waals surface area contributed by atoms with Gasteiger partial charge in [-0.05, 0) is 31.2 Å². The lowest BCUT2D eigenvalue weighted by Gasteiger charge is -2.13. The molecule has 1 fully saturated rings. The van der Waals surface area contributed by atoms with Gasteiger partial charge in [0.1, 0.15) is 5.56 Å². The van der Waals surface area contributed by atoms with E-state index in [0.717, 1.165) is 18.2 Å². The summed E-state index contributed by atoms with van der Waals surface area (Å²) in [6.07, 6.45) is 2.16. The Balaban J connectivity index is 2.15. The van der Waals surface area contributed by atoms with Crippen LogP contribution in [0.5, 0.6) is 0 Å². The molecule has 0 radical (unpaired) electrons. The highest BCUT2D eigenvalue weighted by molar-refractivity contribution is 9.09. The second-order valence-electron chi connectivity index (χ2n) is 5.04. The number of aryl methyl sites for hydroxylation is 1.